The van der Waals surface area contributed by atoms with Crippen molar-refractivity contribution in [2.45, 2.75) is 25.6 Å². The van der Waals surface area contributed by atoms with Gasteiger partial charge in [-0.2, -0.15) is 0 Å². The molecule has 1 aliphatic heterocycles. The van der Waals surface area contributed by atoms with Crippen LogP contribution >= 0.6 is 0 Å². The van der Waals surface area contributed by atoms with Crippen LogP contribution in [0.4, 0.5) is 8.78 Å². The Labute approximate surface area is 159 Å². The molecule has 1 atom stereocenters. The second kappa shape index (κ2) is 9.26. The summed E-state index contributed by atoms with van der Waals surface area (Å²) in [5, 5.41) is 9.44. The lowest BCUT2D eigenvalue weighted by Gasteiger charge is -2.41. The Hall–Kier alpha value is -2.02. The van der Waals surface area contributed by atoms with Gasteiger partial charge < -0.3 is 9.84 Å². The summed E-state index contributed by atoms with van der Waals surface area (Å²) in [6.07, 6.45) is 0.607. The van der Waals surface area contributed by atoms with Gasteiger partial charge in [0, 0.05) is 62.6 Å². The highest BCUT2D eigenvalue weighted by Gasteiger charge is 2.27. The molecule has 1 N–H and O–H groups in total. The molecule has 1 aliphatic rings. The summed E-state index contributed by atoms with van der Waals surface area (Å²) in [7, 11) is 1.52. The molecule has 1 heterocycles. The second-order valence-corrected chi connectivity index (χ2v) is 6.92. The normalized spacial score (nSPS) is 18.6. The molecular weight excluding hydrogens is 350 g/mol. The molecule has 0 bridgehead atoms. The third-order valence-corrected chi connectivity index (χ3v) is 5.14. The van der Waals surface area contributed by atoms with Crippen molar-refractivity contribution in [2.24, 2.45) is 0 Å². The minimum atomic E-state index is -0.276. The first-order chi connectivity index (χ1) is 13.1. The highest BCUT2D eigenvalue weighted by Crippen LogP contribution is 2.22. The molecule has 0 amide bonds. The molecule has 27 heavy (non-hydrogen) atoms. The largest absolute Gasteiger partial charge is 0.497 e. The Bertz CT molecular complexity index is 757. The number of aliphatic hydroxyl groups excluding tert-OH is 1. The molecule has 2 aromatic rings. The molecule has 0 unspecified atom stereocenters. The first-order valence-corrected chi connectivity index (χ1v) is 9.23. The Balaban J connectivity index is 1.66. The summed E-state index contributed by atoms with van der Waals surface area (Å²) in [6, 6.07) is 11.8. The minimum Gasteiger partial charge on any atom is -0.497 e. The highest BCUT2D eigenvalue weighted by molar-refractivity contribution is 5.29. The molecule has 0 spiro atoms. The maximum Gasteiger partial charge on any atom is 0.131 e. The van der Waals surface area contributed by atoms with Crippen molar-refractivity contribution in [3.8, 4) is 5.75 Å². The van der Waals surface area contributed by atoms with Crippen molar-refractivity contribution in [3.05, 3.63) is 65.2 Å². The first-order valence-electron chi connectivity index (χ1n) is 9.23. The Kier molecular flexibility index (Phi) is 6.77. The molecule has 4 nitrogen and oxygen atoms in total. The van der Waals surface area contributed by atoms with Crippen LogP contribution in [0.3, 0.4) is 0 Å². The van der Waals surface area contributed by atoms with E-state index in [1.807, 2.05) is 6.07 Å². The lowest BCUT2D eigenvalue weighted by molar-refractivity contribution is 0.0488. The van der Waals surface area contributed by atoms with Gasteiger partial charge in [-0.3, -0.25) is 9.80 Å². The van der Waals surface area contributed by atoms with Crippen LogP contribution in [0, 0.1) is 11.6 Å². The van der Waals surface area contributed by atoms with Gasteiger partial charge in [-0.25, -0.2) is 8.78 Å². The number of hydrogen-bond acceptors (Lipinski definition) is 4. The number of hydrogen-bond donors (Lipinski definition) is 1. The highest BCUT2D eigenvalue weighted by atomic mass is 19.1. The number of rotatable bonds is 7. The van der Waals surface area contributed by atoms with Crippen LogP contribution in [-0.4, -0.2) is 54.3 Å². The average molecular weight is 376 g/mol. The van der Waals surface area contributed by atoms with Crippen LogP contribution in [0.5, 0.6) is 5.75 Å². The van der Waals surface area contributed by atoms with Gasteiger partial charge in [0.2, 0.25) is 0 Å². The van der Waals surface area contributed by atoms with Gasteiger partial charge in [-0.1, -0.05) is 24.3 Å². The number of halogens is 2. The van der Waals surface area contributed by atoms with E-state index in [9.17, 15) is 13.9 Å². The number of piperazine rings is 1. The van der Waals surface area contributed by atoms with Crippen molar-refractivity contribution in [2.75, 3.05) is 33.4 Å². The number of methoxy groups -OCH3 is 1. The monoisotopic (exact) mass is 376 g/mol. The lowest BCUT2D eigenvalue weighted by Crippen LogP contribution is -2.52. The first kappa shape index (κ1) is 19.7. The Morgan fingerprint density at radius 2 is 1.81 bits per heavy atom. The van der Waals surface area contributed by atoms with Gasteiger partial charge in [0.1, 0.15) is 17.4 Å². The Morgan fingerprint density at radius 1 is 1.04 bits per heavy atom. The fourth-order valence-corrected chi connectivity index (χ4v) is 3.60. The third kappa shape index (κ3) is 5.03. The zero-order valence-corrected chi connectivity index (χ0v) is 15.6. The van der Waals surface area contributed by atoms with Gasteiger partial charge >= 0.3 is 0 Å². The molecule has 0 radical (unpaired) electrons. The fourth-order valence-electron chi connectivity index (χ4n) is 3.60. The van der Waals surface area contributed by atoms with E-state index in [2.05, 4.69) is 9.80 Å². The van der Waals surface area contributed by atoms with Gasteiger partial charge in [0.05, 0.1) is 7.11 Å². The summed E-state index contributed by atoms with van der Waals surface area (Å²) in [6.45, 7) is 3.32. The van der Waals surface area contributed by atoms with Crippen LogP contribution in [0.15, 0.2) is 42.5 Å². The van der Waals surface area contributed by atoms with Crippen LogP contribution in [0.1, 0.15) is 17.5 Å². The molecule has 0 aliphatic carbocycles. The van der Waals surface area contributed by atoms with Crippen LogP contribution in [-0.2, 0) is 13.1 Å². The minimum absolute atomic E-state index is 0.0726. The topological polar surface area (TPSA) is 35.9 Å². The molecule has 0 aromatic heterocycles. The lowest BCUT2D eigenvalue weighted by atomic mass is 10.1. The molecule has 0 saturated carbocycles. The van der Waals surface area contributed by atoms with E-state index in [4.69, 9.17) is 4.74 Å². The van der Waals surface area contributed by atoms with Gasteiger partial charge in [-0.05, 0) is 18.6 Å². The molecule has 1 saturated heterocycles. The SMILES string of the molecule is COc1ccc(CN2CCN(Cc3ccccc3F)[C@@H](CCO)C2)c(F)c1. The van der Waals surface area contributed by atoms with Crippen LogP contribution in [0.2, 0.25) is 0 Å². The van der Waals surface area contributed by atoms with E-state index in [1.54, 1.807) is 24.3 Å². The van der Waals surface area contributed by atoms with E-state index in [-0.39, 0.29) is 24.3 Å². The van der Waals surface area contributed by atoms with E-state index in [0.717, 1.165) is 13.1 Å². The summed E-state index contributed by atoms with van der Waals surface area (Å²) in [5.41, 5.74) is 1.29. The predicted molar refractivity (Wildman–Crippen MR) is 101 cm³/mol. The number of nitrogens with zero attached hydrogens (tertiary/aromatic N) is 2. The van der Waals surface area contributed by atoms with Crippen molar-refractivity contribution in [1.29, 1.82) is 0 Å². The van der Waals surface area contributed by atoms with Crippen molar-refractivity contribution < 1.29 is 18.6 Å². The molecule has 1 fully saturated rings. The molecule has 3 rings (SSSR count). The van der Waals surface area contributed by atoms with Gasteiger partial charge in [-0.15, -0.1) is 0 Å². The summed E-state index contributed by atoms with van der Waals surface area (Å²) in [5.74, 6) is 0.0222. The van der Waals surface area contributed by atoms with Gasteiger partial charge in [0.25, 0.3) is 0 Å². The predicted octanol–water partition coefficient (Wildman–Crippen LogP) is 3.04. The van der Waals surface area contributed by atoms with E-state index in [1.165, 1.54) is 19.2 Å². The molecule has 6 heteroatoms. The second-order valence-electron chi connectivity index (χ2n) is 6.92. The standard InChI is InChI=1S/C21H26F2N2O2/c1-27-19-7-6-17(21(23)12-19)13-24-9-10-25(18(15-24)8-11-26)14-16-4-2-3-5-20(16)22/h2-7,12,18,26H,8-11,13-15H2,1H3/t18-/m0/s1. The smallest absolute Gasteiger partial charge is 0.131 e. The summed E-state index contributed by atoms with van der Waals surface area (Å²) >= 11 is 0. The fraction of sp³-hybridized carbons (Fsp3) is 0.429. The quantitative estimate of drug-likeness (QED) is 0.806. The van der Waals surface area contributed by atoms with Crippen molar-refractivity contribution >= 4 is 0 Å². The number of ether oxygens (including phenoxy) is 1. The summed E-state index contributed by atoms with van der Waals surface area (Å²) < 4.78 is 33.3. The molecular formula is C21H26F2N2O2. The molecule has 2 aromatic carbocycles. The van der Waals surface area contributed by atoms with Crippen molar-refractivity contribution in [1.82, 2.24) is 9.80 Å². The maximum atomic E-state index is 14.2. The Morgan fingerprint density at radius 3 is 2.52 bits per heavy atom. The van der Waals surface area contributed by atoms with Crippen molar-refractivity contribution in [3.63, 3.8) is 0 Å². The average Bonchev–Trinajstić information content (AvgIpc) is 2.67. The molecule has 146 valence electrons. The van der Waals surface area contributed by atoms with E-state index < -0.39 is 0 Å². The van der Waals surface area contributed by atoms with Gasteiger partial charge in [0.15, 0.2) is 0 Å². The van der Waals surface area contributed by atoms with Crippen LogP contribution < -0.4 is 4.74 Å². The number of benzene rings is 2. The zero-order chi connectivity index (χ0) is 19.2. The third-order valence-electron chi connectivity index (χ3n) is 5.14. The number of aliphatic hydroxyl groups is 1. The maximum absolute atomic E-state index is 14.2. The zero-order valence-electron chi connectivity index (χ0n) is 15.6. The van der Waals surface area contributed by atoms with E-state index >= 15 is 0 Å². The van der Waals surface area contributed by atoms with E-state index in [0.29, 0.717) is 42.9 Å². The summed E-state index contributed by atoms with van der Waals surface area (Å²) in [4.78, 5) is 4.39. The van der Waals surface area contributed by atoms with Crippen LogP contribution in [0.25, 0.3) is 0 Å².